The lowest BCUT2D eigenvalue weighted by molar-refractivity contribution is -0.0595. The van der Waals surface area contributed by atoms with Gasteiger partial charge in [-0.05, 0) is 75.0 Å². The molecule has 2 N–H and O–H groups in total. The molecule has 0 aliphatic heterocycles. The Kier molecular flexibility index (Phi) is 1.96. The van der Waals surface area contributed by atoms with Crippen LogP contribution in [0.5, 0.6) is 0 Å². The second-order valence-corrected chi connectivity index (χ2v) is 6.60. The summed E-state index contributed by atoms with van der Waals surface area (Å²) in [7, 11) is 0. The van der Waals surface area contributed by atoms with Gasteiger partial charge in [-0.25, -0.2) is 0 Å². The highest BCUT2D eigenvalue weighted by atomic mass is 14.6. The predicted octanol–water partition coefficient (Wildman–Crippen LogP) is 2.94. The number of hydrogen-bond donors (Lipinski definition) is 1. The molecule has 0 radical (unpaired) electrons. The molecule has 0 spiro atoms. The van der Waals surface area contributed by atoms with Crippen molar-refractivity contribution in [2.24, 2.45) is 28.9 Å². The molecular formula is C13H23N. The maximum atomic E-state index is 6.01. The molecule has 4 bridgehead atoms. The first-order valence-corrected chi connectivity index (χ1v) is 6.41. The van der Waals surface area contributed by atoms with Gasteiger partial charge in [0.05, 0.1) is 0 Å². The fraction of sp³-hybridized carbons (Fsp3) is 1.00. The Morgan fingerprint density at radius 3 is 1.86 bits per heavy atom. The van der Waals surface area contributed by atoms with Crippen LogP contribution in [0.25, 0.3) is 0 Å². The van der Waals surface area contributed by atoms with E-state index in [1.54, 1.807) is 19.3 Å². The highest BCUT2D eigenvalue weighted by Crippen LogP contribution is 2.61. The summed E-state index contributed by atoms with van der Waals surface area (Å²) in [5.41, 5.74) is 6.71. The van der Waals surface area contributed by atoms with Crippen LogP contribution in [-0.4, -0.2) is 6.04 Å². The van der Waals surface area contributed by atoms with Crippen molar-refractivity contribution in [2.45, 2.75) is 57.9 Å². The molecule has 0 aromatic heterocycles. The van der Waals surface area contributed by atoms with Crippen molar-refractivity contribution in [1.29, 1.82) is 0 Å². The zero-order chi connectivity index (χ0) is 9.76. The molecule has 0 saturated heterocycles. The second kappa shape index (κ2) is 2.98. The van der Waals surface area contributed by atoms with Crippen LogP contribution in [-0.2, 0) is 0 Å². The third-order valence-corrected chi connectivity index (χ3v) is 4.92. The number of nitrogens with two attached hydrogens (primary N) is 1. The van der Waals surface area contributed by atoms with Gasteiger partial charge in [-0.3, -0.25) is 0 Å². The van der Waals surface area contributed by atoms with Gasteiger partial charge in [0.15, 0.2) is 0 Å². The molecule has 4 saturated carbocycles. The van der Waals surface area contributed by atoms with E-state index in [0.717, 1.165) is 17.8 Å². The van der Waals surface area contributed by atoms with Gasteiger partial charge in [-0.15, -0.1) is 0 Å². The fourth-order valence-corrected chi connectivity index (χ4v) is 5.22. The van der Waals surface area contributed by atoms with Crippen molar-refractivity contribution in [1.82, 2.24) is 0 Å². The molecule has 14 heavy (non-hydrogen) atoms. The van der Waals surface area contributed by atoms with Crippen molar-refractivity contribution in [3.05, 3.63) is 0 Å². The Morgan fingerprint density at radius 2 is 1.50 bits per heavy atom. The molecule has 0 aromatic rings. The van der Waals surface area contributed by atoms with E-state index in [1.807, 2.05) is 0 Å². The van der Waals surface area contributed by atoms with E-state index >= 15 is 0 Å². The Morgan fingerprint density at radius 1 is 1.07 bits per heavy atom. The summed E-state index contributed by atoms with van der Waals surface area (Å²) in [5.74, 6) is 3.25. The standard InChI is InChI=1S/C13H23N/c1-9(14)5-13-6-10-2-11(7-13)4-12(3-10)8-13/h9-12H,2-8,14H2,1H3/t9-,10?,11?,12?,13?/m1/s1. The van der Waals surface area contributed by atoms with Gasteiger partial charge >= 0.3 is 0 Å². The molecule has 1 nitrogen and oxygen atoms in total. The van der Waals surface area contributed by atoms with E-state index in [-0.39, 0.29) is 0 Å². The highest BCUT2D eigenvalue weighted by molar-refractivity contribution is 5.01. The molecular weight excluding hydrogens is 170 g/mol. The molecule has 0 aromatic carbocycles. The summed E-state index contributed by atoms with van der Waals surface area (Å²) in [6.45, 7) is 2.19. The normalized spacial score (nSPS) is 52.3. The van der Waals surface area contributed by atoms with Crippen LogP contribution >= 0.6 is 0 Å². The average molecular weight is 193 g/mol. The first-order chi connectivity index (χ1) is 6.65. The van der Waals surface area contributed by atoms with Crippen LogP contribution in [0, 0.1) is 23.2 Å². The Labute approximate surface area is 87.4 Å². The summed E-state index contributed by atoms with van der Waals surface area (Å²) in [6, 6.07) is 0.422. The SMILES string of the molecule is C[C@@H](N)CC12CC3CC(CC(C3)C1)C2. The molecule has 4 aliphatic rings. The minimum Gasteiger partial charge on any atom is -0.328 e. The zero-order valence-corrected chi connectivity index (χ0v) is 9.34. The van der Waals surface area contributed by atoms with Crippen molar-refractivity contribution in [2.75, 3.05) is 0 Å². The van der Waals surface area contributed by atoms with Crippen LogP contribution < -0.4 is 5.73 Å². The molecule has 4 aliphatic carbocycles. The van der Waals surface area contributed by atoms with Gasteiger partial charge in [-0.2, -0.15) is 0 Å². The molecule has 0 heterocycles. The first kappa shape index (κ1) is 9.21. The van der Waals surface area contributed by atoms with Crippen LogP contribution in [0.15, 0.2) is 0 Å². The van der Waals surface area contributed by atoms with Crippen molar-refractivity contribution in [3.63, 3.8) is 0 Å². The zero-order valence-electron chi connectivity index (χ0n) is 9.34. The molecule has 0 amide bonds. The van der Waals surface area contributed by atoms with E-state index < -0.39 is 0 Å². The maximum absolute atomic E-state index is 6.01. The van der Waals surface area contributed by atoms with Gasteiger partial charge in [0, 0.05) is 6.04 Å². The van der Waals surface area contributed by atoms with Crippen LogP contribution in [0.2, 0.25) is 0 Å². The quantitative estimate of drug-likeness (QED) is 0.717. The molecule has 0 unspecified atom stereocenters. The minimum absolute atomic E-state index is 0.422. The van der Waals surface area contributed by atoms with E-state index in [1.165, 1.54) is 25.7 Å². The van der Waals surface area contributed by atoms with Crippen molar-refractivity contribution < 1.29 is 0 Å². The smallest absolute Gasteiger partial charge is 0.00157 e. The molecule has 4 rings (SSSR count). The van der Waals surface area contributed by atoms with Gasteiger partial charge in [0.25, 0.3) is 0 Å². The Bertz CT molecular complexity index is 190. The van der Waals surface area contributed by atoms with Gasteiger partial charge < -0.3 is 5.73 Å². The third-order valence-electron chi connectivity index (χ3n) is 4.92. The molecule has 4 fully saturated rings. The second-order valence-electron chi connectivity index (χ2n) is 6.60. The number of rotatable bonds is 2. The van der Waals surface area contributed by atoms with E-state index in [2.05, 4.69) is 6.92 Å². The van der Waals surface area contributed by atoms with Gasteiger partial charge in [0.1, 0.15) is 0 Å². The monoisotopic (exact) mass is 193 g/mol. The lowest BCUT2D eigenvalue weighted by Crippen LogP contribution is -2.47. The Balaban J connectivity index is 1.80. The number of hydrogen-bond acceptors (Lipinski definition) is 1. The van der Waals surface area contributed by atoms with Crippen molar-refractivity contribution >= 4 is 0 Å². The maximum Gasteiger partial charge on any atom is 0.00157 e. The lowest BCUT2D eigenvalue weighted by atomic mass is 9.48. The largest absolute Gasteiger partial charge is 0.328 e. The predicted molar refractivity (Wildman–Crippen MR) is 58.9 cm³/mol. The lowest BCUT2D eigenvalue weighted by Gasteiger charge is -2.57. The van der Waals surface area contributed by atoms with Gasteiger partial charge in [-0.1, -0.05) is 0 Å². The summed E-state index contributed by atoms with van der Waals surface area (Å²) in [6.07, 6.45) is 10.5. The van der Waals surface area contributed by atoms with E-state index in [4.69, 9.17) is 5.73 Å². The first-order valence-electron chi connectivity index (χ1n) is 6.41. The minimum atomic E-state index is 0.422. The van der Waals surface area contributed by atoms with E-state index in [0.29, 0.717) is 11.5 Å². The molecule has 1 heteroatoms. The summed E-state index contributed by atoms with van der Waals surface area (Å²) < 4.78 is 0. The average Bonchev–Trinajstić information content (AvgIpc) is 1.96. The van der Waals surface area contributed by atoms with Crippen LogP contribution in [0.3, 0.4) is 0 Å². The summed E-state index contributed by atoms with van der Waals surface area (Å²) in [5, 5.41) is 0. The summed E-state index contributed by atoms with van der Waals surface area (Å²) >= 11 is 0. The highest BCUT2D eigenvalue weighted by Gasteiger charge is 2.50. The third kappa shape index (κ3) is 1.41. The van der Waals surface area contributed by atoms with E-state index in [9.17, 15) is 0 Å². The summed E-state index contributed by atoms with van der Waals surface area (Å²) in [4.78, 5) is 0. The van der Waals surface area contributed by atoms with Crippen LogP contribution in [0.4, 0.5) is 0 Å². The van der Waals surface area contributed by atoms with Gasteiger partial charge in [0.2, 0.25) is 0 Å². The molecule has 80 valence electrons. The fourth-order valence-electron chi connectivity index (χ4n) is 5.22. The molecule has 1 atom stereocenters. The Hall–Kier alpha value is -0.0400. The van der Waals surface area contributed by atoms with Crippen molar-refractivity contribution in [3.8, 4) is 0 Å². The van der Waals surface area contributed by atoms with Crippen LogP contribution in [0.1, 0.15) is 51.9 Å². The topological polar surface area (TPSA) is 26.0 Å².